The Morgan fingerprint density at radius 1 is 1.12 bits per heavy atom. The van der Waals surface area contributed by atoms with Crippen molar-refractivity contribution in [2.75, 3.05) is 25.0 Å². The Morgan fingerprint density at radius 3 is 2.94 bits per heavy atom. The van der Waals surface area contributed by atoms with Crippen LogP contribution in [0.4, 0.5) is 5.69 Å². The fourth-order valence-electron chi connectivity index (χ4n) is 7.15. The Kier molecular flexibility index (Phi) is 4.51. The molecule has 0 aliphatic carbocycles. The Labute approximate surface area is 195 Å². The standard InChI is InChI=1S/C29H32N4/c1-2-18-17-33-14-12-23-21-8-4-6-10-25(21)32-29(23)27(33)16-19(18)15-26-28-22(11-13-30-26)20-7-3-5-9-24(20)31-28/h2-10,19,23,27,29,31-32H,11-17H2,1H3/b18-2-/t19-,23?,27-,29?/m0/s1. The van der Waals surface area contributed by atoms with Gasteiger partial charge in [0.2, 0.25) is 0 Å². The van der Waals surface area contributed by atoms with Crippen molar-refractivity contribution in [2.24, 2.45) is 10.9 Å². The average molecular weight is 437 g/mol. The number of rotatable bonds is 2. The van der Waals surface area contributed by atoms with E-state index in [0.717, 1.165) is 25.9 Å². The van der Waals surface area contributed by atoms with E-state index in [1.807, 2.05) is 0 Å². The van der Waals surface area contributed by atoms with Gasteiger partial charge in [-0.3, -0.25) is 9.89 Å². The minimum atomic E-state index is 0.536. The molecule has 4 atom stereocenters. The van der Waals surface area contributed by atoms with E-state index in [4.69, 9.17) is 4.99 Å². The van der Waals surface area contributed by atoms with Crippen molar-refractivity contribution >= 4 is 22.3 Å². The Balaban J connectivity index is 1.18. The van der Waals surface area contributed by atoms with Gasteiger partial charge in [-0.1, -0.05) is 48.0 Å². The van der Waals surface area contributed by atoms with Crippen molar-refractivity contribution in [3.63, 3.8) is 0 Å². The number of hydrogen-bond acceptors (Lipinski definition) is 3. The summed E-state index contributed by atoms with van der Waals surface area (Å²) < 4.78 is 0. The molecule has 2 saturated heterocycles. The van der Waals surface area contributed by atoms with E-state index in [2.05, 4.69) is 76.7 Å². The Hall–Kier alpha value is -2.85. The molecular formula is C29H32N4. The number of hydrogen-bond donors (Lipinski definition) is 2. The first-order chi connectivity index (χ1) is 16.3. The van der Waals surface area contributed by atoms with Gasteiger partial charge < -0.3 is 10.3 Å². The molecule has 0 saturated carbocycles. The molecule has 4 heteroatoms. The molecule has 2 fully saturated rings. The number of nitrogens with one attached hydrogen (secondary N) is 2. The van der Waals surface area contributed by atoms with Gasteiger partial charge in [0.15, 0.2) is 0 Å². The first kappa shape index (κ1) is 19.6. The van der Waals surface area contributed by atoms with Gasteiger partial charge in [-0.05, 0) is 68.3 Å². The molecule has 3 aromatic rings. The first-order valence-corrected chi connectivity index (χ1v) is 12.7. The highest BCUT2D eigenvalue weighted by molar-refractivity contribution is 6.06. The van der Waals surface area contributed by atoms with Gasteiger partial charge in [0.1, 0.15) is 0 Å². The molecule has 168 valence electrons. The second-order valence-electron chi connectivity index (χ2n) is 10.3. The lowest BCUT2D eigenvalue weighted by molar-refractivity contribution is 0.0927. The second-order valence-corrected chi connectivity index (χ2v) is 10.3. The number of H-pyrrole nitrogens is 1. The van der Waals surface area contributed by atoms with E-state index in [-0.39, 0.29) is 0 Å². The first-order valence-electron chi connectivity index (χ1n) is 12.7. The van der Waals surface area contributed by atoms with Crippen molar-refractivity contribution < 1.29 is 0 Å². The van der Waals surface area contributed by atoms with E-state index < -0.39 is 0 Å². The third-order valence-electron chi connectivity index (χ3n) is 8.74. The minimum Gasteiger partial charge on any atom is -0.380 e. The summed E-state index contributed by atoms with van der Waals surface area (Å²) in [6.07, 6.45) is 6.97. The minimum absolute atomic E-state index is 0.536. The summed E-state index contributed by atoms with van der Waals surface area (Å²) in [6.45, 7) is 5.47. The summed E-state index contributed by atoms with van der Waals surface area (Å²) in [7, 11) is 0. The van der Waals surface area contributed by atoms with Crippen molar-refractivity contribution in [2.45, 2.75) is 50.6 Å². The Bertz CT molecular complexity index is 1280. The highest BCUT2D eigenvalue weighted by Crippen LogP contribution is 2.47. The number of aliphatic imine (C=N–C) groups is 1. The van der Waals surface area contributed by atoms with Crippen LogP contribution in [0, 0.1) is 5.92 Å². The van der Waals surface area contributed by atoms with Crippen LogP contribution in [-0.4, -0.2) is 47.3 Å². The second kappa shape index (κ2) is 7.59. The lowest BCUT2D eigenvalue weighted by Crippen LogP contribution is -2.56. The van der Waals surface area contributed by atoms with E-state index >= 15 is 0 Å². The molecule has 4 aliphatic heterocycles. The van der Waals surface area contributed by atoms with Gasteiger partial charge in [-0.25, -0.2) is 0 Å². The molecule has 2 N–H and O–H groups in total. The van der Waals surface area contributed by atoms with Crippen molar-refractivity contribution in [1.82, 2.24) is 9.88 Å². The number of nitrogens with zero attached hydrogens (tertiary/aromatic N) is 2. The van der Waals surface area contributed by atoms with E-state index in [1.54, 1.807) is 5.57 Å². The normalized spacial score (nSPS) is 29.7. The molecule has 7 rings (SSSR count). The Morgan fingerprint density at radius 2 is 2.00 bits per heavy atom. The maximum Gasteiger partial charge on any atom is 0.0638 e. The van der Waals surface area contributed by atoms with Crippen LogP contribution in [0.5, 0.6) is 0 Å². The average Bonchev–Trinajstić information content (AvgIpc) is 3.43. The molecule has 0 spiro atoms. The fourth-order valence-corrected chi connectivity index (χ4v) is 7.15. The van der Waals surface area contributed by atoms with E-state index in [0.29, 0.717) is 23.9 Å². The molecule has 0 amide bonds. The number of aromatic nitrogens is 1. The largest absolute Gasteiger partial charge is 0.380 e. The predicted octanol–water partition coefficient (Wildman–Crippen LogP) is 5.52. The number of anilines is 1. The van der Waals surface area contributed by atoms with Crippen LogP contribution in [0.2, 0.25) is 0 Å². The molecule has 33 heavy (non-hydrogen) atoms. The van der Waals surface area contributed by atoms with Crippen LogP contribution in [0.3, 0.4) is 0 Å². The molecule has 2 aromatic carbocycles. The van der Waals surface area contributed by atoms with Crippen LogP contribution in [0.1, 0.15) is 48.9 Å². The van der Waals surface area contributed by atoms with Crippen LogP contribution < -0.4 is 5.32 Å². The quantitative estimate of drug-likeness (QED) is 0.520. The molecule has 0 radical (unpaired) electrons. The lowest BCUT2D eigenvalue weighted by atomic mass is 9.74. The monoisotopic (exact) mass is 436 g/mol. The zero-order chi connectivity index (χ0) is 21.9. The lowest BCUT2D eigenvalue weighted by Gasteiger charge is -2.49. The number of aromatic amines is 1. The summed E-state index contributed by atoms with van der Waals surface area (Å²) in [5.41, 5.74) is 9.82. The number of piperidine rings is 2. The highest BCUT2D eigenvalue weighted by atomic mass is 15.2. The van der Waals surface area contributed by atoms with Crippen molar-refractivity contribution in [3.8, 4) is 0 Å². The van der Waals surface area contributed by atoms with Crippen molar-refractivity contribution in [1.29, 1.82) is 0 Å². The molecule has 0 bridgehead atoms. The van der Waals surface area contributed by atoms with Crippen molar-refractivity contribution in [3.05, 3.63) is 77.0 Å². The SMILES string of the molecule is C/C=C1/CN2CCC3c4ccccc4NC3[C@@H]2C[C@@H]1CC1=NCCc2c1[nH]c1ccccc21. The summed E-state index contributed by atoms with van der Waals surface area (Å²) in [5.74, 6) is 1.22. The van der Waals surface area contributed by atoms with Gasteiger partial charge in [-0.15, -0.1) is 0 Å². The predicted molar refractivity (Wildman–Crippen MR) is 136 cm³/mol. The molecule has 4 aliphatic rings. The third-order valence-corrected chi connectivity index (χ3v) is 8.74. The summed E-state index contributed by atoms with van der Waals surface area (Å²) in [4.78, 5) is 11.5. The van der Waals surface area contributed by atoms with E-state index in [1.165, 1.54) is 58.5 Å². The topological polar surface area (TPSA) is 43.4 Å². The summed E-state index contributed by atoms with van der Waals surface area (Å²) >= 11 is 0. The number of fused-ring (bicyclic) bond motifs is 8. The van der Waals surface area contributed by atoms with Gasteiger partial charge in [0.25, 0.3) is 0 Å². The van der Waals surface area contributed by atoms with Gasteiger partial charge in [-0.2, -0.15) is 0 Å². The van der Waals surface area contributed by atoms with Gasteiger partial charge >= 0.3 is 0 Å². The zero-order valence-corrected chi connectivity index (χ0v) is 19.3. The summed E-state index contributed by atoms with van der Waals surface area (Å²) in [6, 6.07) is 18.9. The molecule has 4 nitrogen and oxygen atoms in total. The van der Waals surface area contributed by atoms with Crippen LogP contribution in [0.15, 0.2) is 65.2 Å². The van der Waals surface area contributed by atoms with Crippen LogP contribution >= 0.6 is 0 Å². The molecule has 1 aromatic heterocycles. The highest BCUT2D eigenvalue weighted by Gasteiger charge is 2.46. The maximum atomic E-state index is 5.06. The smallest absolute Gasteiger partial charge is 0.0638 e. The maximum absolute atomic E-state index is 5.06. The van der Waals surface area contributed by atoms with E-state index in [9.17, 15) is 0 Å². The fraction of sp³-hybridized carbons (Fsp3) is 0.414. The zero-order valence-electron chi connectivity index (χ0n) is 19.3. The van der Waals surface area contributed by atoms with Crippen LogP contribution in [-0.2, 0) is 6.42 Å². The molecule has 5 heterocycles. The molecular weight excluding hydrogens is 404 g/mol. The van der Waals surface area contributed by atoms with Gasteiger partial charge in [0, 0.05) is 47.7 Å². The molecule has 2 unspecified atom stereocenters. The number of benzene rings is 2. The summed E-state index contributed by atoms with van der Waals surface area (Å²) in [5, 5.41) is 5.31. The van der Waals surface area contributed by atoms with Gasteiger partial charge in [0.05, 0.1) is 11.4 Å². The van der Waals surface area contributed by atoms with Crippen LogP contribution in [0.25, 0.3) is 10.9 Å². The number of allylic oxidation sites excluding steroid dienone is 1. The third kappa shape index (κ3) is 3.03. The number of para-hydroxylation sites is 2.